The summed E-state index contributed by atoms with van der Waals surface area (Å²) >= 11 is 0. The molecule has 0 saturated heterocycles. The van der Waals surface area contributed by atoms with Gasteiger partial charge in [-0.2, -0.15) is 0 Å². The standard InChI is InChI=1S/C29H35N3O3/c1-29-15-14-22-21-7-5-4-6-18(21)8-11-23(22)27(29)19(16-24(29)33)10-13-26(34)31-25-12-9-20(17-30-25)28(35)32(2)3/h4-7,9,12,17,19,22-23,27H,8,10-11,13-16H2,1-3H3,(H,30,31,34)/t19-,22?,23?,27?,29-/m1/s1. The van der Waals surface area contributed by atoms with Gasteiger partial charge in [-0.05, 0) is 79.0 Å². The van der Waals surface area contributed by atoms with Crippen molar-refractivity contribution < 1.29 is 14.4 Å². The van der Waals surface area contributed by atoms with Gasteiger partial charge < -0.3 is 10.2 Å². The fourth-order valence-electron chi connectivity index (χ4n) is 7.22. The number of fused-ring (bicyclic) bond motifs is 5. The number of ketones is 1. The van der Waals surface area contributed by atoms with Gasteiger partial charge in [-0.1, -0.05) is 31.2 Å². The zero-order valence-electron chi connectivity index (χ0n) is 20.9. The molecule has 0 aliphatic heterocycles. The molecule has 3 aliphatic carbocycles. The van der Waals surface area contributed by atoms with Crippen LogP contribution in [0.3, 0.4) is 0 Å². The molecule has 1 aromatic carbocycles. The molecule has 1 heterocycles. The highest BCUT2D eigenvalue weighted by atomic mass is 16.2. The lowest BCUT2D eigenvalue weighted by Crippen LogP contribution is -2.44. The summed E-state index contributed by atoms with van der Waals surface area (Å²) in [7, 11) is 3.38. The van der Waals surface area contributed by atoms with Gasteiger partial charge in [-0.15, -0.1) is 0 Å². The van der Waals surface area contributed by atoms with Crippen LogP contribution in [0.2, 0.25) is 0 Å². The number of pyridine rings is 1. The number of benzene rings is 1. The first-order valence-electron chi connectivity index (χ1n) is 12.9. The summed E-state index contributed by atoms with van der Waals surface area (Å²) in [4.78, 5) is 43.7. The van der Waals surface area contributed by atoms with Crippen molar-refractivity contribution >= 4 is 23.4 Å². The Morgan fingerprint density at radius 1 is 1.14 bits per heavy atom. The molecule has 1 N–H and O–H groups in total. The van der Waals surface area contributed by atoms with E-state index in [2.05, 4.69) is 41.5 Å². The minimum atomic E-state index is -0.245. The number of anilines is 1. The fourth-order valence-corrected chi connectivity index (χ4v) is 7.22. The fraction of sp³-hybridized carbons (Fsp3) is 0.517. The Morgan fingerprint density at radius 3 is 2.69 bits per heavy atom. The average molecular weight is 474 g/mol. The van der Waals surface area contributed by atoms with Crippen molar-refractivity contribution in [1.82, 2.24) is 9.88 Å². The van der Waals surface area contributed by atoms with Gasteiger partial charge in [0.25, 0.3) is 5.91 Å². The Balaban J connectivity index is 1.25. The number of hydrogen-bond acceptors (Lipinski definition) is 4. The lowest BCUT2D eigenvalue weighted by atomic mass is 9.54. The number of carbonyl (C=O) groups excluding carboxylic acids is 3. The number of hydrogen-bond donors (Lipinski definition) is 1. The number of nitrogens with zero attached hydrogens (tertiary/aromatic N) is 2. The van der Waals surface area contributed by atoms with Gasteiger partial charge in [0, 0.05) is 38.5 Å². The number of Topliss-reactive ketones (excluding diaryl/α,β-unsaturated/α-hetero) is 1. The molecule has 0 radical (unpaired) electrons. The van der Waals surface area contributed by atoms with Crippen molar-refractivity contribution in [3.05, 3.63) is 59.3 Å². The molecule has 0 spiro atoms. The van der Waals surface area contributed by atoms with E-state index in [-0.39, 0.29) is 23.1 Å². The predicted molar refractivity (Wildman–Crippen MR) is 135 cm³/mol. The lowest BCUT2D eigenvalue weighted by molar-refractivity contribution is -0.129. The molecule has 3 unspecified atom stereocenters. The highest BCUT2D eigenvalue weighted by Gasteiger charge is 2.58. The van der Waals surface area contributed by atoms with Gasteiger partial charge in [0.05, 0.1) is 5.56 Å². The molecule has 2 saturated carbocycles. The molecule has 1 aromatic heterocycles. The van der Waals surface area contributed by atoms with Crippen LogP contribution in [0.1, 0.15) is 72.9 Å². The maximum atomic E-state index is 13.2. The summed E-state index contributed by atoms with van der Waals surface area (Å²) in [5, 5.41) is 2.86. The Kier molecular flexibility index (Phi) is 6.24. The van der Waals surface area contributed by atoms with Gasteiger partial charge >= 0.3 is 0 Å². The minimum absolute atomic E-state index is 0.0911. The van der Waals surface area contributed by atoms with Crippen molar-refractivity contribution in [2.24, 2.45) is 23.2 Å². The third-order valence-electron chi connectivity index (χ3n) is 8.91. The maximum absolute atomic E-state index is 13.2. The van der Waals surface area contributed by atoms with E-state index in [4.69, 9.17) is 0 Å². The molecule has 2 fully saturated rings. The highest BCUT2D eigenvalue weighted by molar-refractivity contribution is 5.94. The third kappa shape index (κ3) is 4.28. The Labute approximate surface area is 207 Å². The van der Waals surface area contributed by atoms with Gasteiger partial charge in [0.2, 0.25) is 5.91 Å². The van der Waals surface area contributed by atoms with E-state index in [9.17, 15) is 14.4 Å². The molecule has 2 aromatic rings. The van der Waals surface area contributed by atoms with Crippen LogP contribution in [0.15, 0.2) is 42.6 Å². The number of amides is 2. The quantitative estimate of drug-likeness (QED) is 0.673. The van der Waals surface area contributed by atoms with Crippen molar-refractivity contribution in [2.45, 2.75) is 57.8 Å². The van der Waals surface area contributed by atoms with Crippen LogP contribution in [0.25, 0.3) is 0 Å². The summed E-state index contributed by atoms with van der Waals surface area (Å²) in [5.74, 6) is 2.28. The summed E-state index contributed by atoms with van der Waals surface area (Å²) in [6, 6.07) is 12.2. The van der Waals surface area contributed by atoms with E-state index >= 15 is 0 Å². The van der Waals surface area contributed by atoms with Crippen molar-refractivity contribution in [3.63, 3.8) is 0 Å². The Hall–Kier alpha value is -3.02. The first-order chi connectivity index (χ1) is 16.8. The summed E-state index contributed by atoms with van der Waals surface area (Å²) in [6.45, 7) is 2.19. The largest absolute Gasteiger partial charge is 0.345 e. The van der Waals surface area contributed by atoms with Crippen molar-refractivity contribution in [3.8, 4) is 0 Å². The molecule has 5 atom stereocenters. The molecular weight excluding hydrogens is 438 g/mol. The maximum Gasteiger partial charge on any atom is 0.254 e. The van der Waals surface area contributed by atoms with Crippen LogP contribution in [0.5, 0.6) is 0 Å². The molecule has 6 nitrogen and oxygen atoms in total. The van der Waals surface area contributed by atoms with Gasteiger partial charge in [0.1, 0.15) is 11.6 Å². The molecule has 3 aliphatic rings. The van der Waals surface area contributed by atoms with Crippen molar-refractivity contribution in [1.29, 1.82) is 0 Å². The normalized spacial score (nSPS) is 29.1. The first kappa shape index (κ1) is 23.7. The van der Waals surface area contributed by atoms with Crippen LogP contribution in [0, 0.1) is 23.2 Å². The van der Waals surface area contributed by atoms with Crippen LogP contribution in [-0.4, -0.2) is 41.6 Å². The van der Waals surface area contributed by atoms with E-state index in [0.29, 0.717) is 47.8 Å². The van der Waals surface area contributed by atoms with Crippen LogP contribution < -0.4 is 5.32 Å². The number of rotatable bonds is 5. The monoisotopic (exact) mass is 473 g/mol. The van der Waals surface area contributed by atoms with Crippen LogP contribution >= 0.6 is 0 Å². The highest BCUT2D eigenvalue weighted by Crippen LogP contribution is 2.62. The van der Waals surface area contributed by atoms with Gasteiger partial charge in [-0.25, -0.2) is 4.98 Å². The van der Waals surface area contributed by atoms with E-state index < -0.39 is 0 Å². The second kappa shape index (κ2) is 9.21. The molecule has 35 heavy (non-hydrogen) atoms. The number of aryl methyl sites for hydroxylation is 1. The molecular formula is C29H35N3O3. The van der Waals surface area contributed by atoms with Crippen molar-refractivity contribution in [2.75, 3.05) is 19.4 Å². The number of nitrogens with one attached hydrogen (secondary N) is 1. The van der Waals surface area contributed by atoms with Crippen LogP contribution in [0.4, 0.5) is 5.82 Å². The zero-order chi connectivity index (χ0) is 24.7. The summed E-state index contributed by atoms with van der Waals surface area (Å²) in [6.07, 6.45) is 7.45. The minimum Gasteiger partial charge on any atom is -0.345 e. The zero-order valence-corrected chi connectivity index (χ0v) is 20.9. The van der Waals surface area contributed by atoms with Crippen LogP contribution in [-0.2, 0) is 16.0 Å². The molecule has 6 heteroatoms. The van der Waals surface area contributed by atoms with E-state index in [1.165, 1.54) is 22.2 Å². The van der Waals surface area contributed by atoms with E-state index in [1.807, 2.05) is 0 Å². The Morgan fingerprint density at radius 2 is 1.94 bits per heavy atom. The second-order valence-electron chi connectivity index (χ2n) is 11.1. The first-order valence-corrected chi connectivity index (χ1v) is 12.9. The predicted octanol–water partition coefficient (Wildman–Crippen LogP) is 4.85. The summed E-state index contributed by atoms with van der Waals surface area (Å²) in [5.41, 5.74) is 3.20. The number of carbonyl (C=O) groups is 3. The second-order valence-corrected chi connectivity index (χ2v) is 11.1. The lowest BCUT2D eigenvalue weighted by Gasteiger charge is -2.50. The van der Waals surface area contributed by atoms with E-state index in [1.54, 1.807) is 26.2 Å². The SMILES string of the molecule is CN(C)C(=O)c1ccc(NC(=O)CC[C@@H]2CC(=O)[C@@]3(C)CCC4c5ccccc5CCC4C23)nc1. The Bertz CT molecular complexity index is 1140. The van der Waals surface area contributed by atoms with Gasteiger partial charge in [0.15, 0.2) is 0 Å². The molecule has 5 rings (SSSR count). The third-order valence-corrected chi connectivity index (χ3v) is 8.91. The average Bonchev–Trinajstić information content (AvgIpc) is 3.12. The molecule has 2 amide bonds. The molecule has 184 valence electrons. The summed E-state index contributed by atoms with van der Waals surface area (Å²) < 4.78 is 0. The number of aromatic nitrogens is 1. The van der Waals surface area contributed by atoms with Gasteiger partial charge in [-0.3, -0.25) is 14.4 Å². The smallest absolute Gasteiger partial charge is 0.254 e. The van der Waals surface area contributed by atoms with E-state index in [0.717, 1.165) is 32.1 Å². The topological polar surface area (TPSA) is 79.4 Å². The molecule has 0 bridgehead atoms.